The molecule has 1 aliphatic heterocycles. The van der Waals surface area contributed by atoms with Crippen LogP contribution in [0.2, 0.25) is 0 Å². The molecule has 152 valence electrons. The zero-order chi connectivity index (χ0) is 20.5. The molecule has 0 radical (unpaired) electrons. The number of halogens is 1. The Morgan fingerprint density at radius 2 is 2.07 bits per heavy atom. The molecule has 3 aromatic rings. The number of amides is 1. The molecule has 3 N–H and O–H groups in total. The highest BCUT2D eigenvalue weighted by Crippen LogP contribution is 2.26. The summed E-state index contributed by atoms with van der Waals surface area (Å²) >= 11 is 3.51. The van der Waals surface area contributed by atoms with Gasteiger partial charge in [-0.2, -0.15) is 0 Å². The number of aliphatic hydroxyl groups excluding tert-OH is 1. The minimum atomic E-state index is -0.565. The lowest BCUT2D eigenvalue weighted by Crippen LogP contribution is -2.47. The van der Waals surface area contributed by atoms with Gasteiger partial charge in [0.1, 0.15) is 5.69 Å². The highest BCUT2D eigenvalue weighted by Gasteiger charge is 2.32. The summed E-state index contributed by atoms with van der Waals surface area (Å²) < 4.78 is 2.72. The molecule has 1 aliphatic rings. The fraction of sp³-hybridized carbons (Fsp3) is 0.364. The summed E-state index contributed by atoms with van der Waals surface area (Å²) in [6.45, 7) is 3.42. The molecule has 0 bridgehead atoms. The normalized spacial score (nSPS) is 19.7. The van der Waals surface area contributed by atoms with Gasteiger partial charge in [-0.1, -0.05) is 24.3 Å². The quantitative estimate of drug-likeness (QED) is 0.631. The van der Waals surface area contributed by atoms with Crippen molar-refractivity contribution in [2.75, 3.05) is 13.1 Å². The van der Waals surface area contributed by atoms with Crippen LogP contribution in [0.1, 0.15) is 33.6 Å². The molecule has 1 saturated heterocycles. The molecule has 6 nitrogen and oxygen atoms in total. The summed E-state index contributed by atoms with van der Waals surface area (Å²) in [6, 6.07) is 10.1. The molecule has 0 saturated carbocycles. The maximum atomic E-state index is 13.0. The minimum absolute atomic E-state index is 0.115. The number of carbonyl (C=O) groups excluding carboxylic acids is 1. The number of aromatic nitrogens is 2. The third-order valence-corrected chi connectivity index (χ3v) is 6.27. The zero-order valence-corrected chi connectivity index (χ0v) is 18.0. The summed E-state index contributed by atoms with van der Waals surface area (Å²) in [6.07, 6.45) is 4.66. The van der Waals surface area contributed by atoms with Crippen molar-refractivity contribution in [3.8, 4) is 0 Å². The number of carbonyl (C=O) groups is 1. The number of likely N-dealkylation sites (tertiary alicyclic amines) is 1. The predicted molar refractivity (Wildman–Crippen MR) is 116 cm³/mol. The number of piperidine rings is 1. The number of nitrogens with zero attached hydrogens (tertiary/aromatic N) is 3. The molecule has 2 unspecified atom stereocenters. The van der Waals surface area contributed by atoms with Crippen molar-refractivity contribution in [2.24, 2.45) is 11.7 Å². The van der Waals surface area contributed by atoms with Crippen LogP contribution in [0.15, 0.2) is 47.2 Å². The highest BCUT2D eigenvalue weighted by molar-refractivity contribution is 9.10. The van der Waals surface area contributed by atoms with Gasteiger partial charge in [0.15, 0.2) is 5.65 Å². The number of fused-ring (bicyclic) bond motifs is 1. The van der Waals surface area contributed by atoms with E-state index in [1.807, 2.05) is 41.8 Å². The molecule has 0 aliphatic carbocycles. The van der Waals surface area contributed by atoms with E-state index in [1.54, 1.807) is 11.1 Å². The van der Waals surface area contributed by atoms with Crippen molar-refractivity contribution in [3.05, 3.63) is 69.6 Å². The number of rotatable bonds is 4. The minimum Gasteiger partial charge on any atom is -0.391 e. The molecular formula is C22H25BrN4O2. The van der Waals surface area contributed by atoms with Crippen LogP contribution < -0.4 is 5.73 Å². The lowest BCUT2D eigenvalue weighted by atomic mass is 9.86. The number of aryl methyl sites for hydroxylation is 1. The molecule has 2 aromatic heterocycles. The molecular weight excluding hydrogens is 432 g/mol. The van der Waals surface area contributed by atoms with E-state index in [4.69, 9.17) is 5.73 Å². The molecule has 2 atom stereocenters. The van der Waals surface area contributed by atoms with E-state index in [1.165, 1.54) is 5.56 Å². The van der Waals surface area contributed by atoms with Crippen LogP contribution in [0.5, 0.6) is 0 Å². The van der Waals surface area contributed by atoms with Crippen molar-refractivity contribution < 1.29 is 9.90 Å². The first-order valence-corrected chi connectivity index (χ1v) is 10.6. The van der Waals surface area contributed by atoms with Gasteiger partial charge in [-0.3, -0.25) is 4.79 Å². The number of nitrogens with two attached hydrogens (primary N) is 1. The Morgan fingerprint density at radius 1 is 1.31 bits per heavy atom. The lowest BCUT2D eigenvalue weighted by Gasteiger charge is -2.36. The standard InChI is InChI=1S/C22H25BrN4O2/c1-14-8-18(23)21-25-19(12-27(21)11-14)22(29)26-7-6-16(20(28)13-26)9-15-4-2-3-5-17(15)10-24/h2-5,8,11-12,16,20,28H,6-7,9-10,13,24H2,1H3. The van der Waals surface area contributed by atoms with E-state index >= 15 is 0 Å². The molecule has 3 heterocycles. The van der Waals surface area contributed by atoms with Gasteiger partial charge in [0.05, 0.1) is 10.6 Å². The van der Waals surface area contributed by atoms with Crippen LogP contribution in [-0.2, 0) is 13.0 Å². The van der Waals surface area contributed by atoms with Gasteiger partial charge in [0.25, 0.3) is 5.91 Å². The van der Waals surface area contributed by atoms with Gasteiger partial charge in [0.2, 0.25) is 0 Å². The van der Waals surface area contributed by atoms with Gasteiger partial charge in [-0.05, 0) is 64.4 Å². The maximum Gasteiger partial charge on any atom is 0.274 e. The molecule has 29 heavy (non-hydrogen) atoms. The molecule has 1 fully saturated rings. The first-order valence-electron chi connectivity index (χ1n) is 9.85. The fourth-order valence-electron chi connectivity index (χ4n) is 4.10. The van der Waals surface area contributed by atoms with Crippen molar-refractivity contribution in [1.29, 1.82) is 0 Å². The number of benzene rings is 1. The first-order chi connectivity index (χ1) is 14.0. The topological polar surface area (TPSA) is 83.9 Å². The number of aliphatic hydroxyl groups is 1. The van der Waals surface area contributed by atoms with E-state index in [0.717, 1.165) is 28.4 Å². The number of β-amino-alcohol motifs (C(OH)–C–C–N with tert-alkyl or cyclic N) is 1. The zero-order valence-electron chi connectivity index (χ0n) is 16.4. The Morgan fingerprint density at radius 3 is 2.79 bits per heavy atom. The fourth-order valence-corrected chi connectivity index (χ4v) is 4.75. The van der Waals surface area contributed by atoms with E-state index in [9.17, 15) is 9.90 Å². The molecule has 7 heteroatoms. The summed E-state index contributed by atoms with van der Waals surface area (Å²) in [4.78, 5) is 19.2. The molecule has 1 aromatic carbocycles. The average molecular weight is 457 g/mol. The Hall–Kier alpha value is -2.22. The van der Waals surface area contributed by atoms with Crippen LogP contribution in [0.4, 0.5) is 0 Å². The second-order valence-electron chi connectivity index (χ2n) is 7.77. The van der Waals surface area contributed by atoms with Gasteiger partial charge < -0.3 is 20.1 Å². The van der Waals surface area contributed by atoms with Crippen LogP contribution in [0.25, 0.3) is 5.65 Å². The van der Waals surface area contributed by atoms with Crippen molar-refractivity contribution in [3.63, 3.8) is 0 Å². The van der Waals surface area contributed by atoms with E-state index in [2.05, 4.69) is 27.0 Å². The summed E-state index contributed by atoms with van der Waals surface area (Å²) in [5.74, 6) is -0.0253. The lowest BCUT2D eigenvalue weighted by molar-refractivity contribution is 0.0194. The second kappa shape index (κ2) is 8.26. The third kappa shape index (κ3) is 4.08. The molecule has 1 amide bonds. The van der Waals surface area contributed by atoms with Crippen molar-refractivity contribution in [2.45, 2.75) is 32.4 Å². The highest BCUT2D eigenvalue weighted by atomic mass is 79.9. The van der Waals surface area contributed by atoms with Gasteiger partial charge in [-0.25, -0.2) is 4.98 Å². The van der Waals surface area contributed by atoms with Crippen LogP contribution in [0, 0.1) is 12.8 Å². The SMILES string of the molecule is Cc1cc(Br)c2nc(C(=O)N3CCC(Cc4ccccc4CN)C(O)C3)cn2c1. The summed E-state index contributed by atoms with van der Waals surface area (Å²) in [5.41, 5.74) is 10.3. The van der Waals surface area contributed by atoms with Crippen molar-refractivity contribution >= 4 is 27.5 Å². The van der Waals surface area contributed by atoms with Crippen LogP contribution >= 0.6 is 15.9 Å². The Bertz CT molecular complexity index is 1050. The van der Waals surface area contributed by atoms with E-state index in [0.29, 0.717) is 31.0 Å². The van der Waals surface area contributed by atoms with Gasteiger partial charge in [0, 0.05) is 32.0 Å². The number of hydrogen-bond acceptors (Lipinski definition) is 4. The largest absolute Gasteiger partial charge is 0.391 e. The maximum absolute atomic E-state index is 13.0. The van der Waals surface area contributed by atoms with Crippen LogP contribution in [0.3, 0.4) is 0 Å². The summed E-state index contributed by atoms with van der Waals surface area (Å²) in [5, 5.41) is 10.7. The summed E-state index contributed by atoms with van der Waals surface area (Å²) in [7, 11) is 0. The van der Waals surface area contributed by atoms with E-state index < -0.39 is 6.10 Å². The first kappa shape index (κ1) is 20.1. The number of hydrogen-bond donors (Lipinski definition) is 2. The molecule has 4 rings (SSSR count). The van der Waals surface area contributed by atoms with Crippen molar-refractivity contribution in [1.82, 2.24) is 14.3 Å². The third-order valence-electron chi connectivity index (χ3n) is 5.69. The van der Waals surface area contributed by atoms with Crippen LogP contribution in [-0.4, -0.2) is 44.5 Å². The second-order valence-corrected chi connectivity index (χ2v) is 8.62. The molecule has 0 spiro atoms. The number of pyridine rings is 1. The Balaban J connectivity index is 1.47. The smallest absolute Gasteiger partial charge is 0.274 e. The number of imidazole rings is 1. The van der Waals surface area contributed by atoms with E-state index in [-0.39, 0.29) is 11.8 Å². The Labute approximate surface area is 178 Å². The predicted octanol–water partition coefficient (Wildman–Crippen LogP) is 2.93. The average Bonchev–Trinajstić information content (AvgIpc) is 3.13. The Kier molecular flexibility index (Phi) is 5.72. The van der Waals surface area contributed by atoms with Gasteiger partial charge in [-0.15, -0.1) is 0 Å². The van der Waals surface area contributed by atoms with Gasteiger partial charge >= 0.3 is 0 Å². The monoisotopic (exact) mass is 456 g/mol.